The summed E-state index contributed by atoms with van der Waals surface area (Å²) in [5.41, 5.74) is 4.82. The third kappa shape index (κ3) is 3.13. The molecular formula is C24H20BrN. The number of halogens is 1. The summed E-state index contributed by atoms with van der Waals surface area (Å²) < 4.78 is 1.08. The van der Waals surface area contributed by atoms with Gasteiger partial charge in [-0.15, -0.1) is 0 Å². The molecule has 1 nitrogen and oxygen atoms in total. The molecule has 0 saturated carbocycles. The topological polar surface area (TPSA) is 3.24 Å². The smallest absolute Gasteiger partial charge is 0.0682 e. The van der Waals surface area contributed by atoms with Crippen molar-refractivity contribution in [2.75, 3.05) is 4.90 Å². The predicted octanol–water partition coefficient (Wildman–Crippen LogP) is 7.63. The van der Waals surface area contributed by atoms with Crippen LogP contribution >= 0.6 is 15.9 Å². The minimum absolute atomic E-state index is 1.05. The van der Waals surface area contributed by atoms with E-state index in [-0.39, 0.29) is 0 Å². The van der Waals surface area contributed by atoms with Crippen LogP contribution in [0.3, 0.4) is 0 Å². The molecule has 0 aliphatic rings. The Labute approximate surface area is 163 Å². The Morgan fingerprint density at radius 3 is 2.08 bits per heavy atom. The Morgan fingerprint density at radius 2 is 1.35 bits per heavy atom. The van der Waals surface area contributed by atoms with Crippen molar-refractivity contribution in [1.29, 1.82) is 0 Å². The Kier molecular flexibility index (Phi) is 4.77. The van der Waals surface area contributed by atoms with Gasteiger partial charge in [-0.05, 0) is 63.6 Å². The van der Waals surface area contributed by atoms with Crippen LogP contribution in [-0.4, -0.2) is 0 Å². The van der Waals surface area contributed by atoms with Gasteiger partial charge in [0.05, 0.1) is 5.69 Å². The van der Waals surface area contributed by atoms with Gasteiger partial charge in [0.2, 0.25) is 0 Å². The van der Waals surface area contributed by atoms with Gasteiger partial charge in [0, 0.05) is 21.2 Å². The van der Waals surface area contributed by atoms with Crippen molar-refractivity contribution >= 4 is 43.8 Å². The minimum Gasteiger partial charge on any atom is -0.309 e. The summed E-state index contributed by atoms with van der Waals surface area (Å²) in [5.74, 6) is 0. The van der Waals surface area contributed by atoms with Crippen LogP contribution < -0.4 is 4.90 Å². The van der Waals surface area contributed by atoms with Crippen molar-refractivity contribution in [1.82, 2.24) is 0 Å². The van der Waals surface area contributed by atoms with E-state index in [1.165, 1.54) is 22.0 Å². The SMILES string of the molecule is CCc1ccc(N(c2ccccc2)c2c(Br)ccc3ccccc23)cc1. The molecule has 0 aliphatic carbocycles. The molecule has 4 aromatic carbocycles. The van der Waals surface area contributed by atoms with Gasteiger partial charge in [-0.1, -0.05) is 67.6 Å². The maximum absolute atomic E-state index is 3.80. The molecule has 0 unspecified atom stereocenters. The van der Waals surface area contributed by atoms with Gasteiger partial charge in [-0.2, -0.15) is 0 Å². The van der Waals surface area contributed by atoms with Gasteiger partial charge in [-0.25, -0.2) is 0 Å². The lowest BCUT2D eigenvalue weighted by Gasteiger charge is -2.28. The highest BCUT2D eigenvalue weighted by Gasteiger charge is 2.17. The highest BCUT2D eigenvalue weighted by molar-refractivity contribution is 9.10. The first-order valence-electron chi connectivity index (χ1n) is 8.89. The first-order valence-corrected chi connectivity index (χ1v) is 9.68. The lowest BCUT2D eigenvalue weighted by atomic mass is 10.1. The molecule has 26 heavy (non-hydrogen) atoms. The molecule has 0 atom stereocenters. The van der Waals surface area contributed by atoms with Crippen LogP contribution in [0.15, 0.2) is 95.5 Å². The highest BCUT2D eigenvalue weighted by Crippen LogP contribution is 2.43. The maximum atomic E-state index is 3.80. The summed E-state index contributed by atoms with van der Waals surface area (Å²) in [6.07, 6.45) is 1.05. The van der Waals surface area contributed by atoms with E-state index in [1.807, 2.05) is 0 Å². The predicted molar refractivity (Wildman–Crippen MR) is 116 cm³/mol. The lowest BCUT2D eigenvalue weighted by molar-refractivity contribution is 1.14. The summed E-state index contributed by atoms with van der Waals surface area (Å²) in [4.78, 5) is 2.33. The van der Waals surface area contributed by atoms with Crippen molar-refractivity contribution in [3.63, 3.8) is 0 Å². The van der Waals surface area contributed by atoms with Gasteiger partial charge >= 0.3 is 0 Å². The van der Waals surface area contributed by atoms with Crippen molar-refractivity contribution in [3.05, 3.63) is 101 Å². The summed E-state index contributed by atoms with van der Waals surface area (Å²) >= 11 is 3.80. The van der Waals surface area contributed by atoms with Crippen LogP contribution in [0.25, 0.3) is 10.8 Å². The second-order valence-electron chi connectivity index (χ2n) is 6.31. The van der Waals surface area contributed by atoms with E-state index in [4.69, 9.17) is 0 Å². The summed E-state index contributed by atoms with van der Waals surface area (Å²) in [6, 6.07) is 32.2. The highest BCUT2D eigenvalue weighted by atomic mass is 79.9. The number of hydrogen-bond acceptors (Lipinski definition) is 1. The quantitative estimate of drug-likeness (QED) is 0.339. The van der Waals surface area contributed by atoms with Crippen LogP contribution in [-0.2, 0) is 6.42 Å². The number of fused-ring (bicyclic) bond motifs is 1. The zero-order chi connectivity index (χ0) is 17.9. The van der Waals surface area contributed by atoms with Crippen LogP contribution in [0.5, 0.6) is 0 Å². The summed E-state index contributed by atoms with van der Waals surface area (Å²) in [7, 11) is 0. The van der Waals surface area contributed by atoms with Crippen molar-refractivity contribution in [3.8, 4) is 0 Å². The molecule has 0 bridgehead atoms. The Bertz CT molecular complexity index is 1020. The number of anilines is 3. The number of rotatable bonds is 4. The standard InChI is InChI=1S/C24H20BrN/c1-2-18-12-15-21(16-13-18)26(20-9-4-3-5-10-20)24-22-11-7-6-8-19(22)14-17-23(24)25/h3-17H,2H2,1H3. The average Bonchev–Trinajstić information content (AvgIpc) is 2.71. The fourth-order valence-electron chi connectivity index (χ4n) is 3.32. The van der Waals surface area contributed by atoms with Crippen molar-refractivity contribution < 1.29 is 0 Å². The van der Waals surface area contributed by atoms with Gasteiger partial charge < -0.3 is 4.90 Å². The van der Waals surface area contributed by atoms with Crippen LogP contribution in [0.1, 0.15) is 12.5 Å². The number of nitrogens with zero attached hydrogens (tertiary/aromatic N) is 1. The van der Waals surface area contributed by atoms with E-state index in [1.54, 1.807) is 0 Å². The molecule has 0 aromatic heterocycles. The number of benzene rings is 4. The van der Waals surface area contributed by atoms with Gasteiger partial charge in [0.1, 0.15) is 0 Å². The average molecular weight is 402 g/mol. The van der Waals surface area contributed by atoms with E-state index in [0.29, 0.717) is 0 Å². The first-order chi connectivity index (χ1) is 12.8. The van der Waals surface area contributed by atoms with Gasteiger partial charge in [-0.3, -0.25) is 0 Å². The molecule has 2 heteroatoms. The molecule has 4 rings (SSSR count). The van der Waals surface area contributed by atoms with E-state index < -0.39 is 0 Å². The fraction of sp³-hybridized carbons (Fsp3) is 0.0833. The zero-order valence-corrected chi connectivity index (χ0v) is 16.3. The van der Waals surface area contributed by atoms with Crippen LogP contribution in [0.4, 0.5) is 17.1 Å². The second kappa shape index (κ2) is 7.35. The lowest BCUT2D eigenvalue weighted by Crippen LogP contribution is -2.11. The number of hydrogen-bond donors (Lipinski definition) is 0. The molecule has 0 N–H and O–H groups in total. The van der Waals surface area contributed by atoms with Crippen LogP contribution in [0, 0.1) is 0 Å². The molecule has 4 aromatic rings. The fourth-order valence-corrected chi connectivity index (χ4v) is 3.84. The van der Waals surface area contributed by atoms with Crippen molar-refractivity contribution in [2.24, 2.45) is 0 Å². The second-order valence-corrected chi connectivity index (χ2v) is 7.16. The molecule has 0 saturated heterocycles. The normalized spacial score (nSPS) is 10.8. The molecule has 0 radical (unpaired) electrons. The molecule has 0 aliphatic heterocycles. The minimum atomic E-state index is 1.05. The third-order valence-corrected chi connectivity index (χ3v) is 5.33. The maximum Gasteiger partial charge on any atom is 0.0682 e. The molecule has 128 valence electrons. The molecule has 0 spiro atoms. The monoisotopic (exact) mass is 401 g/mol. The molecule has 0 heterocycles. The first kappa shape index (κ1) is 16.9. The van der Waals surface area contributed by atoms with E-state index in [0.717, 1.165) is 22.3 Å². The van der Waals surface area contributed by atoms with E-state index >= 15 is 0 Å². The summed E-state index contributed by atoms with van der Waals surface area (Å²) in [5, 5.41) is 2.46. The Balaban J connectivity index is 1.98. The van der Waals surface area contributed by atoms with E-state index in [9.17, 15) is 0 Å². The third-order valence-electron chi connectivity index (χ3n) is 4.69. The number of para-hydroxylation sites is 1. The zero-order valence-electron chi connectivity index (χ0n) is 14.7. The Hall–Kier alpha value is -2.58. The van der Waals surface area contributed by atoms with Gasteiger partial charge in [0.15, 0.2) is 0 Å². The number of aryl methyl sites for hydroxylation is 1. The van der Waals surface area contributed by atoms with Crippen molar-refractivity contribution in [2.45, 2.75) is 13.3 Å². The molecule has 0 fully saturated rings. The summed E-state index contributed by atoms with van der Waals surface area (Å²) in [6.45, 7) is 2.19. The molecule has 0 amide bonds. The van der Waals surface area contributed by atoms with Gasteiger partial charge in [0.25, 0.3) is 0 Å². The Morgan fingerprint density at radius 1 is 0.692 bits per heavy atom. The van der Waals surface area contributed by atoms with Crippen LogP contribution in [0.2, 0.25) is 0 Å². The van der Waals surface area contributed by atoms with E-state index in [2.05, 4.69) is 119 Å². The molecular weight excluding hydrogens is 382 g/mol. The largest absolute Gasteiger partial charge is 0.309 e.